The Morgan fingerprint density at radius 1 is 0.583 bits per heavy atom. The van der Waals surface area contributed by atoms with Gasteiger partial charge in [-0.2, -0.15) is 4.39 Å². The van der Waals surface area contributed by atoms with Crippen molar-refractivity contribution in [3.8, 4) is 44.9 Å². The minimum atomic E-state index is -2.79. The number of rotatable bonds is 11. The van der Waals surface area contributed by atoms with Gasteiger partial charge in [-0.15, -0.1) is 6.58 Å². The lowest BCUT2D eigenvalue weighted by Crippen LogP contribution is -2.08. The molecule has 5 aromatic rings. The van der Waals surface area contributed by atoms with E-state index in [0.717, 1.165) is 30.7 Å². The number of allylic oxidation sites excluding steroid dienone is 1. The molecule has 0 aliphatic heterocycles. The lowest BCUT2D eigenvalue weighted by Gasteiger charge is -2.16. The van der Waals surface area contributed by atoms with Crippen LogP contribution in [0.2, 0.25) is 0 Å². The Morgan fingerprint density at radius 3 is 1.62 bits per heavy atom. The van der Waals surface area contributed by atoms with Crippen molar-refractivity contribution < 1.29 is 49.0 Å². The summed E-state index contributed by atoms with van der Waals surface area (Å²) in [5.41, 5.74) is -1.33. The Kier molecular flexibility index (Phi) is 10.2. The second-order valence-corrected chi connectivity index (χ2v) is 10.7. The Hall–Kier alpha value is -5.19. The first-order valence-electron chi connectivity index (χ1n) is 14.4. The number of hydrogen-bond donors (Lipinski definition) is 0. The summed E-state index contributed by atoms with van der Waals surface area (Å²) in [5, 5.41) is 0. The summed E-state index contributed by atoms with van der Waals surface area (Å²) >= 11 is 0. The van der Waals surface area contributed by atoms with Crippen molar-refractivity contribution in [2.45, 2.75) is 32.5 Å². The molecule has 0 fully saturated rings. The van der Waals surface area contributed by atoms with Gasteiger partial charge in [0.15, 0.2) is 17.4 Å². The number of aryl methyl sites for hydroxylation is 1. The van der Waals surface area contributed by atoms with Crippen LogP contribution in [0.25, 0.3) is 33.4 Å². The maximum Gasteiger partial charge on any atom is 0.269 e. The van der Waals surface area contributed by atoms with E-state index >= 15 is 17.6 Å². The van der Waals surface area contributed by atoms with E-state index in [1.165, 1.54) is 24.3 Å². The molecule has 248 valence electrons. The van der Waals surface area contributed by atoms with Crippen LogP contribution in [-0.4, -0.2) is 6.36 Å². The molecule has 11 heteroatoms. The molecule has 5 rings (SSSR count). The number of benzene rings is 5. The average Bonchev–Trinajstić information content (AvgIpc) is 3.01. The van der Waals surface area contributed by atoms with Gasteiger partial charge >= 0.3 is 0 Å². The SMILES string of the molecule is C=CCCc1ccc(-c2ccc(-c3cc(F)c(C(F)Oc4ccc(-c5cc(F)c(O[C@@H](C)F)c(F)c5)c(F)c4)c(F)c3)c(F)c2)c(F)c1. The van der Waals surface area contributed by atoms with E-state index in [0.29, 0.717) is 43.2 Å². The van der Waals surface area contributed by atoms with Crippen molar-refractivity contribution in [3.63, 3.8) is 0 Å². The second-order valence-electron chi connectivity index (χ2n) is 10.7. The summed E-state index contributed by atoms with van der Waals surface area (Å²) < 4.78 is 141. The van der Waals surface area contributed by atoms with E-state index in [-0.39, 0.29) is 33.4 Å². The maximum absolute atomic E-state index is 15.1. The van der Waals surface area contributed by atoms with Gasteiger partial charge < -0.3 is 9.47 Å². The third kappa shape index (κ3) is 7.35. The Balaban J connectivity index is 1.34. The summed E-state index contributed by atoms with van der Waals surface area (Å²) in [7, 11) is 0. The van der Waals surface area contributed by atoms with Gasteiger partial charge in [-0.25, -0.2) is 35.1 Å². The van der Waals surface area contributed by atoms with Gasteiger partial charge in [0.1, 0.15) is 34.8 Å². The van der Waals surface area contributed by atoms with E-state index in [9.17, 15) is 22.0 Å². The van der Waals surface area contributed by atoms with E-state index in [4.69, 9.17) is 4.74 Å². The highest BCUT2D eigenvalue weighted by atomic mass is 19.2. The molecule has 0 saturated heterocycles. The molecule has 0 heterocycles. The normalized spacial score (nSPS) is 12.5. The molecule has 0 N–H and O–H groups in total. The highest BCUT2D eigenvalue weighted by Crippen LogP contribution is 2.36. The minimum Gasteiger partial charge on any atom is -0.456 e. The van der Waals surface area contributed by atoms with E-state index in [2.05, 4.69) is 11.3 Å². The standard InChI is InChI=1S/C37H25F9O2/c1-3-4-5-20-6-9-25(28(39)12-20)21-7-10-26(29(40)13-21)22-14-31(42)35(32(43)15-22)37(46)48-24-8-11-27(30(41)18-24)23-16-33(44)36(34(45)17-23)47-19(2)38/h3,6-19,37H,1,4-5H2,2H3/t19-,37?/m0/s1. The van der Waals surface area contributed by atoms with Gasteiger partial charge in [-0.1, -0.05) is 30.3 Å². The second kappa shape index (κ2) is 14.3. The van der Waals surface area contributed by atoms with Crippen LogP contribution in [0.1, 0.15) is 30.8 Å². The lowest BCUT2D eigenvalue weighted by atomic mass is 9.97. The van der Waals surface area contributed by atoms with Crippen molar-refractivity contribution >= 4 is 0 Å². The van der Waals surface area contributed by atoms with Gasteiger partial charge in [0.25, 0.3) is 6.36 Å². The zero-order chi connectivity index (χ0) is 34.7. The zero-order valence-electron chi connectivity index (χ0n) is 25.1. The van der Waals surface area contributed by atoms with Gasteiger partial charge in [-0.05, 0) is 83.6 Å². The van der Waals surface area contributed by atoms with Crippen LogP contribution in [0.3, 0.4) is 0 Å². The molecular formula is C37H25F9O2. The van der Waals surface area contributed by atoms with E-state index in [1.807, 2.05) is 0 Å². The Morgan fingerprint density at radius 2 is 1.08 bits per heavy atom. The van der Waals surface area contributed by atoms with Crippen molar-refractivity contribution in [2.24, 2.45) is 0 Å². The summed E-state index contributed by atoms with van der Waals surface area (Å²) in [6.07, 6.45) is -1.88. The molecular weight excluding hydrogens is 647 g/mol. The molecule has 0 aliphatic carbocycles. The Labute approximate surface area is 269 Å². The average molecular weight is 673 g/mol. The summed E-state index contributed by atoms with van der Waals surface area (Å²) in [4.78, 5) is 0. The van der Waals surface area contributed by atoms with E-state index in [1.54, 1.807) is 12.1 Å². The smallest absolute Gasteiger partial charge is 0.269 e. The number of halogens is 9. The van der Waals surface area contributed by atoms with Crippen LogP contribution in [-0.2, 0) is 6.42 Å². The highest BCUT2D eigenvalue weighted by molar-refractivity contribution is 5.72. The third-order valence-electron chi connectivity index (χ3n) is 7.34. The monoisotopic (exact) mass is 672 g/mol. The van der Waals surface area contributed by atoms with E-state index < -0.39 is 70.5 Å². The lowest BCUT2D eigenvalue weighted by molar-refractivity contribution is 0.0597. The fourth-order valence-electron chi connectivity index (χ4n) is 5.06. The maximum atomic E-state index is 15.1. The first-order chi connectivity index (χ1) is 22.9. The van der Waals surface area contributed by atoms with Crippen molar-refractivity contribution in [2.75, 3.05) is 0 Å². The summed E-state index contributed by atoms with van der Waals surface area (Å²) in [5.74, 6) is -9.64. The van der Waals surface area contributed by atoms with Gasteiger partial charge in [0.05, 0.1) is 5.56 Å². The van der Waals surface area contributed by atoms with Crippen molar-refractivity contribution in [1.82, 2.24) is 0 Å². The topological polar surface area (TPSA) is 18.5 Å². The van der Waals surface area contributed by atoms with Gasteiger partial charge in [0, 0.05) is 29.7 Å². The zero-order valence-corrected chi connectivity index (χ0v) is 25.1. The molecule has 0 aliphatic rings. The predicted molar refractivity (Wildman–Crippen MR) is 163 cm³/mol. The fraction of sp³-hybridized carbons (Fsp3) is 0.135. The molecule has 0 aromatic heterocycles. The van der Waals surface area contributed by atoms with Gasteiger partial charge in [-0.3, -0.25) is 0 Å². The molecule has 0 amide bonds. The highest BCUT2D eigenvalue weighted by Gasteiger charge is 2.25. The van der Waals surface area contributed by atoms with Crippen LogP contribution in [0, 0.1) is 40.7 Å². The number of alkyl halides is 2. The van der Waals surface area contributed by atoms with Crippen molar-refractivity contribution in [1.29, 1.82) is 0 Å². The van der Waals surface area contributed by atoms with Crippen LogP contribution >= 0.6 is 0 Å². The first kappa shape index (κ1) is 34.2. The predicted octanol–water partition coefficient (Wildman–Crippen LogP) is 11.5. The summed E-state index contributed by atoms with van der Waals surface area (Å²) in [6.45, 7) is 4.53. The fourth-order valence-corrected chi connectivity index (χ4v) is 5.06. The molecule has 0 spiro atoms. The Bertz CT molecular complexity index is 1940. The molecule has 0 bridgehead atoms. The number of ether oxygens (including phenoxy) is 2. The quantitative estimate of drug-likeness (QED) is 0.103. The van der Waals surface area contributed by atoms with Gasteiger partial charge in [0.2, 0.25) is 6.36 Å². The van der Waals surface area contributed by atoms with Crippen LogP contribution in [0.5, 0.6) is 11.5 Å². The molecule has 5 aromatic carbocycles. The largest absolute Gasteiger partial charge is 0.456 e. The van der Waals surface area contributed by atoms with Crippen LogP contribution < -0.4 is 9.47 Å². The molecule has 0 radical (unpaired) electrons. The van der Waals surface area contributed by atoms with Crippen LogP contribution in [0.15, 0.2) is 91.5 Å². The first-order valence-corrected chi connectivity index (χ1v) is 14.4. The minimum absolute atomic E-state index is 0.118. The third-order valence-corrected chi connectivity index (χ3v) is 7.34. The molecule has 48 heavy (non-hydrogen) atoms. The van der Waals surface area contributed by atoms with Crippen molar-refractivity contribution in [3.05, 3.63) is 143 Å². The molecule has 0 saturated carbocycles. The summed E-state index contributed by atoms with van der Waals surface area (Å²) in [6, 6.07) is 13.5. The van der Waals surface area contributed by atoms with Crippen LogP contribution in [0.4, 0.5) is 39.5 Å². The molecule has 2 atom stereocenters. The molecule has 2 nitrogen and oxygen atoms in total. The molecule has 1 unspecified atom stereocenters. The number of hydrogen-bond acceptors (Lipinski definition) is 2.